The molecule has 0 aliphatic carbocycles. The maximum absolute atomic E-state index is 11.9. The summed E-state index contributed by atoms with van der Waals surface area (Å²) in [6, 6.07) is 2.29. The van der Waals surface area contributed by atoms with Crippen LogP contribution in [0.5, 0.6) is 0 Å². The summed E-state index contributed by atoms with van der Waals surface area (Å²) in [5.41, 5.74) is -0.0221. The van der Waals surface area contributed by atoms with Gasteiger partial charge >= 0.3 is 5.97 Å². The fraction of sp³-hybridized carbons (Fsp3) is 0.417. The number of hydrogen-bond donors (Lipinski definition) is 0. The third-order valence-corrected chi connectivity index (χ3v) is 4.99. The van der Waals surface area contributed by atoms with Crippen LogP contribution in [-0.2, 0) is 13.8 Å². The quantitative estimate of drug-likeness (QED) is 0.599. The van der Waals surface area contributed by atoms with Crippen molar-refractivity contribution in [2.75, 3.05) is 0 Å². The Kier molecular flexibility index (Phi) is 5.72. The Labute approximate surface area is 132 Å². The molecule has 0 saturated carbocycles. The first-order chi connectivity index (χ1) is 9.04. The standard InChI is InChI=1S/C12H13Cl3O4S/c1-6(2)7(3)19-12(16)8-4-9(13)11(14)10(5-8)20(15,17)18/h4-7H,1-3H3. The van der Waals surface area contributed by atoms with E-state index in [1.165, 1.54) is 6.07 Å². The fourth-order valence-corrected chi connectivity index (χ4v) is 3.00. The van der Waals surface area contributed by atoms with E-state index in [-0.39, 0.29) is 27.6 Å². The Morgan fingerprint density at radius 3 is 2.20 bits per heavy atom. The molecule has 20 heavy (non-hydrogen) atoms. The van der Waals surface area contributed by atoms with Crippen molar-refractivity contribution in [3.63, 3.8) is 0 Å². The summed E-state index contributed by atoms with van der Waals surface area (Å²) >= 11 is 11.6. The second-order valence-corrected chi connectivity index (χ2v) is 7.88. The third kappa shape index (κ3) is 4.25. The van der Waals surface area contributed by atoms with Gasteiger partial charge in [-0.1, -0.05) is 37.0 Å². The summed E-state index contributed by atoms with van der Waals surface area (Å²) in [4.78, 5) is 11.5. The molecule has 0 fully saturated rings. The number of carbonyl (C=O) groups excluding carboxylic acids is 1. The Balaban J connectivity index is 3.21. The van der Waals surface area contributed by atoms with Gasteiger partial charge in [0.1, 0.15) is 11.0 Å². The molecule has 0 radical (unpaired) electrons. The minimum Gasteiger partial charge on any atom is -0.459 e. The minimum absolute atomic E-state index is 0.0221. The van der Waals surface area contributed by atoms with Crippen LogP contribution in [0.3, 0.4) is 0 Å². The Morgan fingerprint density at radius 1 is 1.20 bits per heavy atom. The van der Waals surface area contributed by atoms with Crippen molar-refractivity contribution in [1.29, 1.82) is 0 Å². The number of benzene rings is 1. The fourth-order valence-electron chi connectivity index (χ4n) is 1.23. The van der Waals surface area contributed by atoms with Crippen molar-refractivity contribution in [2.24, 2.45) is 5.92 Å². The number of esters is 1. The Bertz CT molecular complexity index is 626. The molecule has 1 atom stereocenters. The van der Waals surface area contributed by atoms with Gasteiger partial charge in [-0.25, -0.2) is 13.2 Å². The predicted molar refractivity (Wildman–Crippen MR) is 79.2 cm³/mol. The highest BCUT2D eigenvalue weighted by Gasteiger charge is 2.22. The van der Waals surface area contributed by atoms with E-state index in [2.05, 4.69) is 0 Å². The lowest BCUT2D eigenvalue weighted by Gasteiger charge is -2.17. The van der Waals surface area contributed by atoms with Crippen LogP contribution in [0.1, 0.15) is 31.1 Å². The van der Waals surface area contributed by atoms with Crippen molar-refractivity contribution in [3.05, 3.63) is 27.7 Å². The molecule has 0 amide bonds. The average Bonchev–Trinajstić information content (AvgIpc) is 2.30. The average molecular weight is 360 g/mol. The first-order valence-corrected chi connectivity index (χ1v) is 8.75. The molecule has 0 spiro atoms. The van der Waals surface area contributed by atoms with Crippen LogP contribution in [0.2, 0.25) is 10.0 Å². The van der Waals surface area contributed by atoms with Gasteiger partial charge in [0.15, 0.2) is 0 Å². The van der Waals surface area contributed by atoms with Gasteiger partial charge in [0, 0.05) is 10.7 Å². The van der Waals surface area contributed by atoms with Crippen LogP contribution in [-0.4, -0.2) is 20.5 Å². The van der Waals surface area contributed by atoms with Gasteiger partial charge in [-0.15, -0.1) is 0 Å². The zero-order valence-electron chi connectivity index (χ0n) is 11.0. The van der Waals surface area contributed by atoms with E-state index in [0.29, 0.717) is 0 Å². The summed E-state index contributed by atoms with van der Waals surface area (Å²) in [6.45, 7) is 5.52. The summed E-state index contributed by atoms with van der Waals surface area (Å²) in [5.74, 6) is -0.565. The van der Waals surface area contributed by atoms with Crippen LogP contribution in [0.4, 0.5) is 0 Å². The van der Waals surface area contributed by atoms with E-state index >= 15 is 0 Å². The van der Waals surface area contributed by atoms with Crippen LogP contribution >= 0.6 is 33.9 Å². The highest BCUT2D eigenvalue weighted by atomic mass is 35.7. The van der Waals surface area contributed by atoms with Crippen LogP contribution in [0.15, 0.2) is 17.0 Å². The monoisotopic (exact) mass is 358 g/mol. The van der Waals surface area contributed by atoms with E-state index in [4.69, 9.17) is 38.6 Å². The van der Waals surface area contributed by atoms with Gasteiger partial charge in [-0.3, -0.25) is 0 Å². The number of carbonyl (C=O) groups is 1. The molecule has 0 bridgehead atoms. The van der Waals surface area contributed by atoms with Gasteiger partial charge in [-0.2, -0.15) is 0 Å². The molecule has 1 rings (SSSR count). The minimum atomic E-state index is -4.11. The summed E-state index contributed by atoms with van der Waals surface area (Å²) in [5, 5.41) is -0.312. The lowest BCUT2D eigenvalue weighted by atomic mass is 10.1. The van der Waals surface area contributed by atoms with E-state index in [0.717, 1.165) is 6.07 Å². The van der Waals surface area contributed by atoms with Gasteiger partial charge in [-0.05, 0) is 25.0 Å². The lowest BCUT2D eigenvalue weighted by molar-refractivity contribution is 0.0238. The van der Waals surface area contributed by atoms with E-state index in [1.807, 2.05) is 13.8 Å². The zero-order valence-corrected chi connectivity index (χ0v) is 14.1. The predicted octanol–water partition coefficient (Wildman–Crippen LogP) is 4.12. The van der Waals surface area contributed by atoms with Crippen molar-refractivity contribution in [1.82, 2.24) is 0 Å². The smallest absolute Gasteiger partial charge is 0.338 e. The second-order valence-electron chi connectivity index (χ2n) is 4.56. The zero-order chi connectivity index (χ0) is 15.7. The molecular weight excluding hydrogens is 347 g/mol. The Morgan fingerprint density at radius 2 is 1.75 bits per heavy atom. The summed E-state index contributed by atoms with van der Waals surface area (Å²) in [6.07, 6.45) is -0.326. The van der Waals surface area contributed by atoms with Gasteiger partial charge in [0.05, 0.1) is 15.6 Å². The van der Waals surface area contributed by atoms with Gasteiger partial charge in [0.25, 0.3) is 9.05 Å². The first kappa shape index (κ1) is 17.6. The van der Waals surface area contributed by atoms with Crippen LogP contribution in [0, 0.1) is 5.92 Å². The summed E-state index contributed by atoms with van der Waals surface area (Å²) in [7, 11) is 1.14. The molecule has 0 saturated heterocycles. The molecule has 1 unspecified atom stereocenters. The molecule has 0 heterocycles. The van der Waals surface area contributed by atoms with Crippen LogP contribution in [0.25, 0.3) is 0 Å². The molecule has 0 aliphatic heterocycles. The Hall–Kier alpha value is -0.490. The highest BCUT2D eigenvalue weighted by Crippen LogP contribution is 2.33. The largest absolute Gasteiger partial charge is 0.459 e. The lowest BCUT2D eigenvalue weighted by Crippen LogP contribution is -2.20. The normalized spacial score (nSPS) is 13.3. The first-order valence-electron chi connectivity index (χ1n) is 5.68. The molecule has 112 valence electrons. The molecular formula is C12H13Cl3O4S. The number of ether oxygens (including phenoxy) is 1. The number of halogens is 3. The van der Waals surface area contributed by atoms with E-state index in [1.54, 1.807) is 6.92 Å². The maximum atomic E-state index is 11.9. The maximum Gasteiger partial charge on any atom is 0.338 e. The highest BCUT2D eigenvalue weighted by molar-refractivity contribution is 8.13. The summed E-state index contributed by atoms with van der Waals surface area (Å²) < 4.78 is 27.9. The van der Waals surface area contributed by atoms with Crippen LogP contribution < -0.4 is 0 Å². The van der Waals surface area contributed by atoms with Crippen molar-refractivity contribution in [3.8, 4) is 0 Å². The molecule has 1 aromatic rings. The van der Waals surface area contributed by atoms with Crippen molar-refractivity contribution >= 4 is 48.9 Å². The van der Waals surface area contributed by atoms with Gasteiger partial charge in [0.2, 0.25) is 0 Å². The van der Waals surface area contributed by atoms with E-state index < -0.39 is 19.9 Å². The third-order valence-electron chi connectivity index (χ3n) is 2.72. The topological polar surface area (TPSA) is 60.4 Å². The molecule has 0 aliphatic rings. The molecule has 4 nitrogen and oxygen atoms in total. The molecule has 0 aromatic heterocycles. The van der Waals surface area contributed by atoms with Crippen molar-refractivity contribution in [2.45, 2.75) is 31.8 Å². The number of rotatable bonds is 4. The van der Waals surface area contributed by atoms with Gasteiger partial charge < -0.3 is 4.74 Å². The molecule has 0 N–H and O–H groups in total. The second kappa shape index (κ2) is 6.52. The molecule has 8 heteroatoms. The van der Waals surface area contributed by atoms with E-state index in [9.17, 15) is 13.2 Å². The van der Waals surface area contributed by atoms with Crippen molar-refractivity contribution < 1.29 is 17.9 Å². The number of hydrogen-bond acceptors (Lipinski definition) is 4. The SMILES string of the molecule is CC(C)C(C)OC(=O)c1cc(Cl)c(Cl)c(S(=O)(=O)Cl)c1. The molecule has 1 aromatic carbocycles.